The molecule has 0 fully saturated rings. The molecule has 15 heavy (non-hydrogen) atoms. The van der Waals surface area contributed by atoms with Crippen LogP contribution < -0.4 is 10.6 Å². The van der Waals surface area contributed by atoms with Gasteiger partial charge < -0.3 is 9.15 Å². The number of hydrogen-bond donors (Lipinski definition) is 0. The molecular weight excluding hydrogens is 188 g/mol. The lowest BCUT2D eigenvalue weighted by Crippen LogP contribution is -2.20. The van der Waals surface area contributed by atoms with E-state index in [1.54, 1.807) is 6.26 Å². The minimum absolute atomic E-state index is 0.786. The van der Waals surface area contributed by atoms with Gasteiger partial charge in [-0.05, 0) is 19.9 Å². The predicted octanol–water partition coefficient (Wildman–Crippen LogP) is 1.46. The summed E-state index contributed by atoms with van der Waals surface area (Å²) in [6.45, 7) is 4.93. The van der Waals surface area contributed by atoms with Gasteiger partial charge in [0.25, 0.3) is 0 Å². The highest BCUT2D eigenvalue weighted by molar-refractivity contribution is 5.67. The Kier molecular flexibility index (Phi) is 1.68. The summed E-state index contributed by atoms with van der Waals surface area (Å²) in [6, 6.07) is 1.97. The Morgan fingerprint density at radius 3 is 3.07 bits per heavy atom. The van der Waals surface area contributed by atoms with Gasteiger partial charge in [-0.25, -0.2) is 0 Å². The van der Waals surface area contributed by atoms with E-state index in [9.17, 15) is 0 Å². The molecule has 0 spiro atoms. The second-order valence-electron chi connectivity index (χ2n) is 3.94. The maximum atomic E-state index is 5.69. The number of hydrogen-bond acceptors (Lipinski definition) is 2. The summed E-state index contributed by atoms with van der Waals surface area (Å²) in [7, 11) is 0. The molecule has 1 aliphatic heterocycles. The van der Waals surface area contributed by atoms with E-state index in [1.807, 2.05) is 6.07 Å². The smallest absolute Gasteiger partial charge is 0.176 e. The molecule has 2 heterocycles. The van der Waals surface area contributed by atoms with Crippen LogP contribution >= 0.6 is 0 Å². The number of furan rings is 1. The lowest BCUT2D eigenvalue weighted by molar-refractivity contribution is 0.259. The van der Waals surface area contributed by atoms with Crippen molar-refractivity contribution in [3.63, 3.8) is 0 Å². The van der Waals surface area contributed by atoms with Crippen molar-refractivity contribution in [1.82, 2.24) is 0 Å². The average molecular weight is 200 g/mol. The molecule has 0 N–H and O–H groups in total. The van der Waals surface area contributed by atoms with Crippen molar-refractivity contribution < 1.29 is 9.15 Å². The first-order valence-electron chi connectivity index (χ1n) is 5.16. The number of fused-ring (bicyclic) bond motifs is 1. The van der Waals surface area contributed by atoms with Crippen LogP contribution in [-0.2, 0) is 4.74 Å². The fourth-order valence-electron chi connectivity index (χ4n) is 2.22. The summed E-state index contributed by atoms with van der Waals surface area (Å²) < 4.78 is 11.1. The van der Waals surface area contributed by atoms with Gasteiger partial charge >= 0.3 is 0 Å². The van der Waals surface area contributed by atoms with Crippen molar-refractivity contribution in [1.29, 1.82) is 0 Å². The van der Waals surface area contributed by atoms with Gasteiger partial charge in [-0.1, -0.05) is 5.73 Å². The molecule has 0 saturated heterocycles. The van der Waals surface area contributed by atoms with Crippen LogP contribution in [0.25, 0.3) is 11.3 Å². The summed E-state index contributed by atoms with van der Waals surface area (Å²) in [6.07, 6.45) is 2.69. The van der Waals surface area contributed by atoms with Crippen LogP contribution in [0.5, 0.6) is 0 Å². The molecule has 0 atom stereocenters. The molecule has 2 aliphatic rings. The lowest BCUT2D eigenvalue weighted by atomic mass is 10.0. The summed E-state index contributed by atoms with van der Waals surface area (Å²) in [5, 5.41) is 1.10. The van der Waals surface area contributed by atoms with Gasteiger partial charge in [0.1, 0.15) is 5.76 Å². The molecule has 0 aromatic carbocycles. The van der Waals surface area contributed by atoms with Gasteiger partial charge in [0, 0.05) is 28.4 Å². The summed E-state index contributed by atoms with van der Waals surface area (Å²) >= 11 is 0. The number of rotatable bonds is 0. The Labute approximate surface area is 87.9 Å². The second-order valence-corrected chi connectivity index (χ2v) is 3.94. The first-order valence-corrected chi connectivity index (χ1v) is 5.16. The van der Waals surface area contributed by atoms with E-state index in [0.717, 1.165) is 40.6 Å². The average Bonchev–Trinajstić information content (AvgIpc) is 2.82. The van der Waals surface area contributed by atoms with Gasteiger partial charge in [0.05, 0.1) is 12.9 Å². The maximum absolute atomic E-state index is 5.69. The van der Waals surface area contributed by atoms with E-state index >= 15 is 0 Å². The fraction of sp³-hybridized carbons (Fsp3) is 0.308. The second kappa shape index (κ2) is 2.91. The zero-order valence-corrected chi connectivity index (χ0v) is 8.89. The van der Waals surface area contributed by atoms with Crippen molar-refractivity contribution >= 4 is 11.3 Å². The molecule has 0 unspecified atom stereocenters. The van der Waals surface area contributed by atoms with Gasteiger partial charge in [0.15, 0.2) is 5.42 Å². The van der Waals surface area contributed by atoms with Crippen LogP contribution in [0.1, 0.15) is 20.3 Å². The quantitative estimate of drug-likeness (QED) is 0.632. The topological polar surface area (TPSA) is 22.4 Å². The Hall–Kier alpha value is -1.66. The van der Waals surface area contributed by atoms with Crippen LogP contribution in [0.15, 0.2) is 33.7 Å². The SMILES string of the molecule is CC1=C=c2occc2=C(C)C2=C1CCO2. The summed E-state index contributed by atoms with van der Waals surface area (Å²) in [4.78, 5) is 0. The van der Waals surface area contributed by atoms with Gasteiger partial charge in [-0.3, -0.25) is 0 Å². The predicted molar refractivity (Wildman–Crippen MR) is 57.2 cm³/mol. The third kappa shape index (κ3) is 1.12. The highest BCUT2D eigenvalue weighted by atomic mass is 16.5. The van der Waals surface area contributed by atoms with E-state index in [2.05, 4.69) is 19.6 Å². The van der Waals surface area contributed by atoms with Gasteiger partial charge in [0.2, 0.25) is 0 Å². The molecule has 0 amide bonds. The van der Waals surface area contributed by atoms with Crippen molar-refractivity contribution in [3.05, 3.63) is 39.9 Å². The molecule has 0 bridgehead atoms. The molecule has 3 rings (SSSR count). The fourth-order valence-corrected chi connectivity index (χ4v) is 2.22. The Morgan fingerprint density at radius 2 is 2.20 bits per heavy atom. The summed E-state index contributed by atoms with van der Waals surface area (Å²) in [5.41, 5.74) is 7.69. The Bertz CT molecular complexity index is 607. The first-order chi connectivity index (χ1) is 7.27. The molecule has 1 aromatic rings. The monoisotopic (exact) mass is 200 g/mol. The normalized spacial score (nSPS) is 18.8. The van der Waals surface area contributed by atoms with Crippen LogP contribution in [-0.4, -0.2) is 6.61 Å². The first kappa shape index (κ1) is 8.63. The third-order valence-electron chi connectivity index (χ3n) is 3.04. The van der Waals surface area contributed by atoms with Crippen LogP contribution in [0.3, 0.4) is 0 Å². The molecule has 1 aliphatic carbocycles. The van der Waals surface area contributed by atoms with E-state index in [-0.39, 0.29) is 0 Å². The van der Waals surface area contributed by atoms with E-state index < -0.39 is 0 Å². The standard InChI is InChI=1S/C13H12O2/c1-8-7-12-11(4-5-14-12)9(2)13-10(8)3-6-15-13/h4-5H,3,6H2,1-2H3. The van der Waals surface area contributed by atoms with E-state index in [4.69, 9.17) is 9.15 Å². The number of allylic oxidation sites excluding steroid dienone is 2. The molecule has 1 aromatic heterocycles. The number of ether oxygens (including phenoxy) is 1. The van der Waals surface area contributed by atoms with Crippen molar-refractivity contribution in [2.45, 2.75) is 20.3 Å². The lowest BCUT2D eigenvalue weighted by Gasteiger charge is -2.04. The highest BCUT2D eigenvalue weighted by Crippen LogP contribution is 2.30. The van der Waals surface area contributed by atoms with Gasteiger partial charge in [-0.2, -0.15) is 0 Å². The Balaban J connectivity index is 2.51. The molecule has 2 heteroatoms. The zero-order chi connectivity index (χ0) is 10.4. The largest absolute Gasteiger partial charge is 0.493 e. The zero-order valence-electron chi connectivity index (χ0n) is 8.89. The highest BCUT2D eigenvalue weighted by Gasteiger charge is 2.21. The molecule has 0 saturated carbocycles. The van der Waals surface area contributed by atoms with E-state index in [1.165, 1.54) is 5.57 Å². The molecule has 2 nitrogen and oxygen atoms in total. The molecule has 76 valence electrons. The minimum atomic E-state index is 0.786. The van der Waals surface area contributed by atoms with Crippen LogP contribution in [0.4, 0.5) is 0 Å². The molecule has 0 radical (unpaired) electrons. The van der Waals surface area contributed by atoms with E-state index in [0.29, 0.717) is 0 Å². The van der Waals surface area contributed by atoms with Crippen molar-refractivity contribution in [2.24, 2.45) is 0 Å². The van der Waals surface area contributed by atoms with Crippen molar-refractivity contribution in [3.8, 4) is 0 Å². The van der Waals surface area contributed by atoms with Gasteiger partial charge in [-0.15, -0.1) is 0 Å². The maximum Gasteiger partial charge on any atom is 0.176 e. The summed E-state index contributed by atoms with van der Waals surface area (Å²) in [5.74, 6) is 1.03. The molecular formula is C13H12O2. The van der Waals surface area contributed by atoms with Crippen molar-refractivity contribution in [2.75, 3.05) is 6.61 Å². The Morgan fingerprint density at radius 1 is 1.33 bits per heavy atom. The third-order valence-corrected chi connectivity index (χ3v) is 3.04. The van der Waals surface area contributed by atoms with Crippen LogP contribution in [0.2, 0.25) is 0 Å². The van der Waals surface area contributed by atoms with Crippen LogP contribution in [0, 0.1) is 0 Å². The minimum Gasteiger partial charge on any atom is -0.493 e.